The molecule has 0 spiro atoms. The molecular formula is C12H14. The molecule has 0 aliphatic heterocycles. The standard InChI is InChI=1S/C12H14/c1-11-7-3-5-9-12(2)10-6-4-8-11/h3-5,7-10H,1,6H2,2H3. The lowest BCUT2D eigenvalue weighted by Gasteiger charge is -1.93. The Kier molecular flexibility index (Phi) is 3.34. The van der Waals surface area contributed by atoms with Crippen molar-refractivity contribution in [2.24, 2.45) is 0 Å². The second-order valence-electron chi connectivity index (χ2n) is 2.88. The van der Waals surface area contributed by atoms with Gasteiger partial charge in [-0.2, -0.15) is 0 Å². The van der Waals surface area contributed by atoms with Crippen LogP contribution in [0, 0.1) is 0 Å². The topological polar surface area (TPSA) is 0 Å². The summed E-state index contributed by atoms with van der Waals surface area (Å²) in [5.74, 6) is 0. The second kappa shape index (κ2) is 4.55. The monoisotopic (exact) mass is 158 g/mol. The van der Waals surface area contributed by atoms with E-state index in [4.69, 9.17) is 0 Å². The zero-order valence-electron chi connectivity index (χ0n) is 7.46. The molecule has 0 N–H and O–H groups in total. The first-order chi connectivity index (χ1) is 5.79. The first kappa shape index (κ1) is 8.79. The highest BCUT2D eigenvalue weighted by Crippen LogP contribution is 2.04. The van der Waals surface area contributed by atoms with E-state index in [9.17, 15) is 0 Å². The van der Waals surface area contributed by atoms with Gasteiger partial charge in [0.2, 0.25) is 0 Å². The van der Waals surface area contributed by atoms with Crippen molar-refractivity contribution < 1.29 is 0 Å². The van der Waals surface area contributed by atoms with Gasteiger partial charge in [-0.25, -0.2) is 0 Å². The fraction of sp³-hybridized carbons (Fsp3) is 0.167. The molecule has 12 heavy (non-hydrogen) atoms. The van der Waals surface area contributed by atoms with E-state index in [1.54, 1.807) is 0 Å². The van der Waals surface area contributed by atoms with Gasteiger partial charge in [-0.15, -0.1) is 0 Å². The predicted octanol–water partition coefficient (Wildman–Crippen LogP) is 3.56. The maximum absolute atomic E-state index is 3.88. The van der Waals surface area contributed by atoms with Crippen LogP contribution in [0.4, 0.5) is 0 Å². The van der Waals surface area contributed by atoms with Gasteiger partial charge in [0.15, 0.2) is 0 Å². The van der Waals surface area contributed by atoms with E-state index in [2.05, 4.69) is 31.7 Å². The molecule has 0 aromatic rings. The van der Waals surface area contributed by atoms with Gasteiger partial charge in [-0.05, 0) is 18.9 Å². The van der Waals surface area contributed by atoms with Crippen LogP contribution in [0.2, 0.25) is 0 Å². The Morgan fingerprint density at radius 1 is 1.17 bits per heavy atom. The van der Waals surface area contributed by atoms with E-state index in [0.29, 0.717) is 0 Å². The third kappa shape index (κ3) is 3.20. The Morgan fingerprint density at radius 3 is 2.75 bits per heavy atom. The maximum atomic E-state index is 3.88. The van der Waals surface area contributed by atoms with E-state index in [-0.39, 0.29) is 0 Å². The van der Waals surface area contributed by atoms with Gasteiger partial charge in [0, 0.05) is 0 Å². The van der Waals surface area contributed by atoms with Gasteiger partial charge < -0.3 is 0 Å². The van der Waals surface area contributed by atoms with E-state index in [0.717, 1.165) is 12.0 Å². The molecule has 0 heteroatoms. The van der Waals surface area contributed by atoms with Crippen LogP contribution in [0.5, 0.6) is 0 Å². The van der Waals surface area contributed by atoms with Crippen LogP contribution in [0.3, 0.4) is 0 Å². The van der Waals surface area contributed by atoms with Crippen molar-refractivity contribution in [2.45, 2.75) is 13.3 Å². The highest BCUT2D eigenvalue weighted by atomic mass is 13.9. The number of rotatable bonds is 0. The Bertz CT molecular complexity index is 264. The zero-order chi connectivity index (χ0) is 8.81. The maximum Gasteiger partial charge on any atom is -0.0160 e. The Hall–Kier alpha value is -1.30. The average molecular weight is 158 g/mol. The summed E-state index contributed by atoms with van der Waals surface area (Å²) in [5, 5.41) is 0. The lowest BCUT2D eigenvalue weighted by atomic mass is 10.1. The number of allylic oxidation sites excluding steroid dienone is 9. The molecule has 1 rings (SSSR count). The van der Waals surface area contributed by atoms with Crippen molar-refractivity contribution in [1.29, 1.82) is 0 Å². The minimum absolute atomic E-state index is 0.989. The molecule has 0 bridgehead atoms. The van der Waals surface area contributed by atoms with E-state index in [1.807, 2.05) is 24.3 Å². The molecule has 0 aromatic carbocycles. The van der Waals surface area contributed by atoms with Crippen molar-refractivity contribution in [3.8, 4) is 0 Å². The summed E-state index contributed by atoms with van der Waals surface area (Å²) in [6.07, 6.45) is 15.5. The third-order valence-electron chi connectivity index (χ3n) is 1.69. The molecule has 0 unspecified atom stereocenters. The van der Waals surface area contributed by atoms with Gasteiger partial charge in [0.25, 0.3) is 0 Å². The molecule has 0 fully saturated rings. The molecule has 62 valence electrons. The molecule has 0 saturated heterocycles. The largest absolute Gasteiger partial charge is 0.0918 e. The Morgan fingerprint density at radius 2 is 1.92 bits per heavy atom. The molecule has 0 amide bonds. The summed E-state index contributed by atoms with van der Waals surface area (Å²) in [6.45, 7) is 5.98. The van der Waals surface area contributed by atoms with E-state index < -0.39 is 0 Å². The van der Waals surface area contributed by atoms with Gasteiger partial charge >= 0.3 is 0 Å². The van der Waals surface area contributed by atoms with Crippen molar-refractivity contribution in [1.82, 2.24) is 0 Å². The molecule has 0 aromatic heterocycles. The van der Waals surface area contributed by atoms with Crippen LogP contribution in [0.25, 0.3) is 0 Å². The normalized spacial score (nSPS) is 17.8. The van der Waals surface area contributed by atoms with Crippen LogP contribution in [-0.4, -0.2) is 0 Å². The summed E-state index contributed by atoms with van der Waals surface area (Å²) in [4.78, 5) is 0. The van der Waals surface area contributed by atoms with Crippen LogP contribution >= 0.6 is 0 Å². The lowest BCUT2D eigenvalue weighted by molar-refractivity contribution is 1.32. The average Bonchev–Trinajstić information content (AvgIpc) is 2.06. The number of hydrogen-bond donors (Lipinski definition) is 0. The summed E-state index contributed by atoms with van der Waals surface area (Å²) in [5.41, 5.74) is 2.35. The second-order valence-corrected chi connectivity index (χ2v) is 2.88. The molecule has 1 aliphatic rings. The van der Waals surface area contributed by atoms with Gasteiger partial charge in [-0.3, -0.25) is 0 Å². The summed E-state index contributed by atoms with van der Waals surface area (Å²) in [7, 11) is 0. The van der Waals surface area contributed by atoms with Crippen LogP contribution in [0.1, 0.15) is 13.3 Å². The molecule has 0 radical (unpaired) electrons. The SMILES string of the molecule is C=C1C=CC=CC(C)=CCC=C1. The highest BCUT2D eigenvalue weighted by molar-refractivity contribution is 5.32. The summed E-state index contributed by atoms with van der Waals surface area (Å²) in [6, 6.07) is 0. The van der Waals surface area contributed by atoms with Gasteiger partial charge in [0.1, 0.15) is 0 Å². The number of hydrogen-bond acceptors (Lipinski definition) is 0. The lowest BCUT2D eigenvalue weighted by Crippen LogP contribution is -1.72. The van der Waals surface area contributed by atoms with E-state index >= 15 is 0 Å². The highest BCUT2D eigenvalue weighted by Gasteiger charge is 1.83. The smallest absolute Gasteiger partial charge is 0.0160 e. The van der Waals surface area contributed by atoms with Crippen molar-refractivity contribution in [2.75, 3.05) is 0 Å². The fourth-order valence-electron chi connectivity index (χ4n) is 0.983. The molecule has 0 nitrogen and oxygen atoms in total. The van der Waals surface area contributed by atoms with E-state index in [1.165, 1.54) is 5.57 Å². The van der Waals surface area contributed by atoms with Crippen LogP contribution in [0.15, 0.2) is 60.3 Å². The zero-order valence-corrected chi connectivity index (χ0v) is 7.46. The Balaban J connectivity index is 2.78. The first-order valence-corrected chi connectivity index (χ1v) is 4.16. The summed E-state index contributed by atoms with van der Waals surface area (Å²) >= 11 is 0. The fourth-order valence-corrected chi connectivity index (χ4v) is 0.983. The predicted molar refractivity (Wildman–Crippen MR) is 54.9 cm³/mol. The van der Waals surface area contributed by atoms with Crippen molar-refractivity contribution >= 4 is 0 Å². The minimum atomic E-state index is 0.989. The molecule has 0 heterocycles. The van der Waals surface area contributed by atoms with Crippen LogP contribution in [-0.2, 0) is 0 Å². The minimum Gasteiger partial charge on any atom is -0.0918 e. The molecule has 0 saturated carbocycles. The van der Waals surface area contributed by atoms with Crippen molar-refractivity contribution in [3.63, 3.8) is 0 Å². The van der Waals surface area contributed by atoms with Gasteiger partial charge in [-0.1, -0.05) is 54.7 Å². The van der Waals surface area contributed by atoms with Crippen LogP contribution < -0.4 is 0 Å². The molecular weight excluding hydrogens is 144 g/mol. The van der Waals surface area contributed by atoms with Gasteiger partial charge in [0.05, 0.1) is 0 Å². The summed E-state index contributed by atoms with van der Waals surface area (Å²) < 4.78 is 0. The Labute approximate surface area is 74.3 Å². The van der Waals surface area contributed by atoms with Crippen molar-refractivity contribution in [3.05, 3.63) is 60.3 Å². The molecule has 1 aliphatic carbocycles. The quantitative estimate of drug-likeness (QED) is 0.505. The molecule has 0 atom stereocenters. The third-order valence-corrected chi connectivity index (χ3v) is 1.69. The first-order valence-electron chi connectivity index (χ1n) is 4.16.